The summed E-state index contributed by atoms with van der Waals surface area (Å²) in [6, 6.07) is 13.7. The highest BCUT2D eigenvalue weighted by Crippen LogP contribution is 2.39. The van der Waals surface area contributed by atoms with Gasteiger partial charge in [0.1, 0.15) is 0 Å². The van der Waals surface area contributed by atoms with Crippen molar-refractivity contribution in [3.8, 4) is 28.5 Å². The molecule has 0 radical (unpaired) electrons. The number of benzene rings is 2. The first-order chi connectivity index (χ1) is 12.8. The SMILES string of the molecule is COc1ccc(/C=N\Nc2nc(-c3ccccc3)cs2)c(OC)c1OC. The lowest BCUT2D eigenvalue weighted by atomic mass is 10.2. The van der Waals surface area contributed by atoms with Gasteiger partial charge in [-0.2, -0.15) is 5.10 Å². The maximum Gasteiger partial charge on any atom is 0.203 e. The number of hydrogen-bond donors (Lipinski definition) is 1. The Balaban J connectivity index is 1.76. The number of nitrogens with one attached hydrogen (secondary N) is 1. The van der Waals surface area contributed by atoms with Crippen LogP contribution < -0.4 is 19.6 Å². The predicted octanol–water partition coefficient (Wildman–Crippen LogP) is 4.28. The summed E-state index contributed by atoms with van der Waals surface area (Å²) in [7, 11) is 4.73. The van der Waals surface area contributed by atoms with E-state index in [0.29, 0.717) is 22.4 Å². The van der Waals surface area contributed by atoms with E-state index < -0.39 is 0 Å². The lowest BCUT2D eigenvalue weighted by Gasteiger charge is -2.13. The molecule has 1 N–H and O–H groups in total. The molecule has 0 aliphatic carbocycles. The molecule has 0 aliphatic heterocycles. The third-order valence-corrected chi connectivity index (χ3v) is 4.42. The van der Waals surface area contributed by atoms with Crippen LogP contribution in [0.5, 0.6) is 17.2 Å². The standard InChI is InChI=1S/C19H19N3O3S/c1-23-16-10-9-14(17(24-2)18(16)25-3)11-20-22-19-21-15(12-26-19)13-7-5-4-6-8-13/h4-12H,1-3H3,(H,21,22)/b20-11-. The lowest BCUT2D eigenvalue weighted by molar-refractivity contribution is 0.324. The molecule has 0 unspecified atom stereocenters. The highest BCUT2D eigenvalue weighted by atomic mass is 32.1. The summed E-state index contributed by atoms with van der Waals surface area (Å²) in [4.78, 5) is 4.53. The van der Waals surface area contributed by atoms with E-state index in [1.54, 1.807) is 33.6 Å². The van der Waals surface area contributed by atoms with Crippen LogP contribution in [0, 0.1) is 0 Å². The molecule has 26 heavy (non-hydrogen) atoms. The van der Waals surface area contributed by atoms with Gasteiger partial charge in [0.05, 0.1) is 33.2 Å². The Bertz CT molecular complexity index is 894. The van der Waals surface area contributed by atoms with Crippen molar-refractivity contribution in [2.75, 3.05) is 26.8 Å². The van der Waals surface area contributed by atoms with Crippen LogP contribution >= 0.6 is 11.3 Å². The molecule has 6 nitrogen and oxygen atoms in total. The Labute approximate surface area is 156 Å². The minimum absolute atomic E-state index is 0.527. The number of aromatic nitrogens is 1. The first-order valence-electron chi connectivity index (χ1n) is 7.85. The zero-order valence-corrected chi connectivity index (χ0v) is 15.5. The van der Waals surface area contributed by atoms with Crippen LogP contribution in [-0.4, -0.2) is 32.5 Å². The Hall–Kier alpha value is -3.06. The summed E-state index contributed by atoms with van der Waals surface area (Å²) >= 11 is 1.49. The van der Waals surface area contributed by atoms with Crippen LogP contribution in [-0.2, 0) is 0 Å². The van der Waals surface area contributed by atoms with Crippen LogP contribution in [0.25, 0.3) is 11.3 Å². The molecule has 0 spiro atoms. The number of nitrogens with zero attached hydrogens (tertiary/aromatic N) is 2. The quantitative estimate of drug-likeness (QED) is 0.497. The third kappa shape index (κ3) is 3.78. The maximum absolute atomic E-state index is 5.44. The number of methoxy groups -OCH3 is 3. The van der Waals surface area contributed by atoms with Gasteiger partial charge in [0.2, 0.25) is 10.9 Å². The fourth-order valence-corrected chi connectivity index (χ4v) is 3.12. The Morgan fingerprint density at radius 3 is 2.42 bits per heavy atom. The molecule has 0 amide bonds. The number of hydrazone groups is 1. The zero-order valence-electron chi connectivity index (χ0n) is 14.7. The first kappa shape index (κ1) is 17.8. The van der Waals surface area contributed by atoms with E-state index in [2.05, 4.69) is 15.5 Å². The first-order valence-corrected chi connectivity index (χ1v) is 8.73. The van der Waals surface area contributed by atoms with Crippen LogP contribution in [0.1, 0.15) is 5.56 Å². The van der Waals surface area contributed by atoms with Gasteiger partial charge in [0.25, 0.3) is 0 Å². The molecule has 134 valence electrons. The fourth-order valence-electron chi connectivity index (χ4n) is 2.45. The topological polar surface area (TPSA) is 65.0 Å². The zero-order chi connectivity index (χ0) is 18.4. The number of rotatable bonds is 7. The molecule has 7 heteroatoms. The molecule has 3 aromatic rings. The van der Waals surface area contributed by atoms with Crippen LogP contribution in [0.3, 0.4) is 0 Å². The minimum atomic E-state index is 0.527. The maximum atomic E-state index is 5.44. The smallest absolute Gasteiger partial charge is 0.203 e. The van der Waals surface area contributed by atoms with Crippen molar-refractivity contribution >= 4 is 22.7 Å². The van der Waals surface area contributed by atoms with E-state index in [1.165, 1.54) is 11.3 Å². The van der Waals surface area contributed by atoms with E-state index in [4.69, 9.17) is 14.2 Å². The molecular formula is C19H19N3O3S. The molecule has 0 atom stereocenters. The van der Waals surface area contributed by atoms with Crippen molar-refractivity contribution in [2.24, 2.45) is 5.10 Å². The highest BCUT2D eigenvalue weighted by molar-refractivity contribution is 7.14. The van der Waals surface area contributed by atoms with Gasteiger partial charge >= 0.3 is 0 Å². The van der Waals surface area contributed by atoms with Gasteiger partial charge in [-0.1, -0.05) is 30.3 Å². The molecule has 0 saturated heterocycles. The summed E-state index contributed by atoms with van der Waals surface area (Å²) < 4.78 is 16.1. The average molecular weight is 369 g/mol. The van der Waals surface area contributed by atoms with Gasteiger partial charge in [-0.15, -0.1) is 11.3 Å². The molecule has 1 heterocycles. The third-order valence-electron chi connectivity index (χ3n) is 3.67. The van der Waals surface area contributed by atoms with E-state index in [0.717, 1.165) is 16.8 Å². The number of thiazole rings is 1. The van der Waals surface area contributed by atoms with Gasteiger partial charge < -0.3 is 14.2 Å². The molecule has 1 aromatic heterocycles. The summed E-state index contributed by atoms with van der Waals surface area (Å²) in [5.41, 5.74) is 5.70. The molecule has 0 bridgehead atoms. The lowest BCUT2D eigenvalue weighted by Crippen LogP contribution is -1.99. The molecule has 0 aliphatic rings. The second kappa shape index (κ2) is 8.35. The average Bonchev–Trinajstić information content (AvgIpc) is 3.17. The Morgan fingerprint density at radius 1 is 0.962 bits per heavy atom. The van der Waals surface area contributed by atoms with Crippen LogP contribution in [0.15, 0.2) is 52.9 Å². The van der Waals surface area contributed by atoms with E-state index >= 15 is 0 Å². The predicted molar refractivity (Wildman–Crippen MR) is 105 cm³/mol. The van der Waals surface area contributed by atoms with Crippen molar-refractivity contribution in [2.45, 2.75) is 0 Å². The molecule has 2 aromatic carbocycles. The van der Waals surface area contributed by atoms with Gasteiger partial charge in [-0.05, 0) is 12.1 Å². The van der Waals surface area contributed by atoms with Crippen molar-refractivity contribution in [1.29, 1.82) is 0 Å². The van der Waals surface area contributed by atoms with Crippen LogP contribution in [0.4, 0.5) is 5.13 Å². The normalized spacial score (nSPS) is 10.7. The summed E-state index contributed by atoms with van der Waals surface area (Å²) in [5, 5.41) is 6.95. The second-order valence-electron chi connectivity index (χ2n) is 5.20. The van der Waals surface area contributed by atoms with Crippen LogP contribution in [0.2, 0.25) is 0 Å². The monoisotopic (exact) mass is 369 g/mol. The molecular weight excluding hydrogens is 350 g/mol. The van der Waals surface area contributed by atoms with Crippen molar-refractivity contribution in [3.63, 3.8) is 0 Å². The van der Waals surface area contributed by atoms with Crippen molar-refractivity contribution < 1.29 is 14.2 Å². The Kier molecular flexibility index (Phi) is 5.70. The molecule has 3 rings (SSSR count). The van der Waals surface area contributed by atoms with E-state index in [9.17, 15) is 0 Å². The summed E-state index contributed by atoms with van der Waals surface area (Å²) in [5.74, 6) is 1.68. The largest absolute Gasteiger partial charge is 0.493 e. The fraction of sp³-hybridized carbons (Fsp3) is 0.158. The van der Waals surface area contributed by atoms with E-state index in [-0.39, 0.29) is 0 Å². The van der Waals surface area contributed by atoms with Gasteiger partial charge in [-0.3, -0.25) is 5.43 Å². The minimum Gasteiger partial charge on any atom is -0.493 e. The number of ether oxygens (including phenoxy) is 3. The van der Waals surface area contributed by atoms with Crippen molar-refractivity contribution in [1.82, 2.24) is 4.98 Å². The molecule has 0 saturated carbocycles. The number of anilines is 1. The van der Waals surface area contributed by atoms with Crippen molar-refractivity contribution in [3.05, 3.63) is 53.4 Å². The summed E-state index contributed by atoms with van der Waals surface area (Å²) in [6.45, 7) is 0. The van der Waals surface area contributed by atoms with E-state index in [1.807, 2.05) is 41.8 Å². The van der Waals surface area contributed by atoms with Gasteiger partial charge in [-0.25, -0.2) is 4.98 Å². The van der Waals surface area contributed by atoms with Gasteiger partial charge in [0, 0.05) is 16.5 Å². The molecule has 0 fully saturated rings. The van der Waals surface area contributed by atoms with Gasteiger partial charge in [0.15, 0.2) is 11.5 Å². The summed E-state index contributed by atoms with van der Waals surface area (Å²) in [6.07, 6.45) is 1.66. The number of hydrogen-bond acceptors (Lipinski definition) is 7. The second-order valence-corrected chi connectivity index (χ2v) is 6.06. The Morgan fingerprint density at radius 2 is 1.73 bits per heavy atom. The highest BCUT2D eigenvalue weighted by Gasteiger charge is 2.14.